The maximum atomic E-state index is 13.9. The number of ether oxygens (including phenoxy) is 1. The molecule has 3 heterocycles. The van der Waals surface area contributed by atoms with Gasteiger partial charge >= 0.3 is 5.69 Å². The fourth-order valence-corrected chi connectivity index (χ4v) is 5.53. The van der Waals surface area contributed by atoms with Gasteiger partial charge in [0, 0.05) is 32.2 Å². The van der Waals surface area contributed by atoms with E-state index in [9.17, 15) is 9.59 Å². The fourth-order valence-electron chi connectivity index (χ4n) is 5.53. The number of methoxy groups -OCH3 is 1. The molecule has 1 N–H and O–H groups in total. The van der Waals surface area contributed by atoms with Crippen molar-refractivity contribution >= 4 is 11.2 Å². The number of nitrogens with one attached hydrogen (secondary N) is 1. The van der Waals surface area contributed by atoms with E-state index in [1.54, 1.807) is 11.5 Å². The Hall–Kier alpha value is -4.38. The third-order valence-corrected chi connectivity index (χ3v) is 8.11. The molecule has 0 radical (unpaired) electrons. The molecule has 218 valence electrons. The van der Waals surface area contributed by atoms with Crippen LogP contribution in [0.1, 0.15) is 63.6 Å². The minimum atomic E-state index is -0.690. The number of nitrogens with zero attached hydrogens (tertiary/aromatic N) is 7. The Bertz CT molecular complexity index is 1800. The van der Waals surface area contributed by atoms with Crippen molar-refractivity contribution in [1.82, 2.24) is 39.3 Å². The second kappa shape index (κ2) is 11.8. The van der Waals surface area contributed by atoms with Crippen LogP contribution in [0.4, 0.5) is 0 Å². The van der Waals surface area contributed by atoms with Gasteiger partial charge in [0.05, 0.1) is 0 Å². The maximum Gasteiger partial charge on any atom is 0.334 e. The number of rotatable bonds is 12. The maximum absolute atomic E-state index is 13.9. The summed E-state index contributed by atoms with van der Waals surface area (Å²) in [4.78, 5) is 32.5. The number of unbranched alkanes of at least 4 members (excludes halogenated alkanes) is 2. The van der Waals surface area contributed by atoms with Crippen LogP contribution >= 0.6 is 0 Å². The number of aromatic amines is 1. The molecule has 1 unspecified atom stereocenters. The van der Waals surface area contributed by atoms with Crippen LogP contribution in [-0.4, -0.2) is 46.4 Å². The van der Waals surface area contributed by atoms with Gasteiger partial charge in [-0.2, -0.15) is 5.21 Å². The van der Waals surface area contributed by atoms with Crippen molar-refractivity contribution in [3.63, 3.8) is 0 Å². The van der Waals surface area contributed by atoms with Crippen molar-refractivity contribution in [2.24, 2.45) is 5.92 Å². The molecule has 5 aromatic rings. The minimum absolute atomic E-state index is 0.358. The highest BCUT2D eigenvalue weighted by atomic mass is 16.5. The number of H-pyrrole nitrogens is 1. The molecule has 0 saturated heterocycles. The second-order valence-corrected chi connectivity index (χ2v) is 11.1. The first-order valence-electron chi connectivity index (χ1n) is 14.7. The lowest BCUT2D eigenvalue weighted by Gasteiger charge is -2.16. The van der Waals surface area contributed by atoms with E-state index < -0.39 is 6.23 Å². The van der Waals surface area contributed by atoms with E-state index >= 15 is 0 Å². The van der Waals surface area contributed by atoms with Crippen LogP contribution in [0, 0.1) is 5.92 Å². The van der Waals surface area contributed by atoms with Crippen LogP contribution in [0.2, 0.25) is 0 Å². The smallest absolute Gasteiger partial charge is 0.334 e. The third-order valence-electron chi connectivity index (χ3n) is 8.11. The van der Waals surface area contributed by atoms with Crippen LogP contribution in [0.25, 0.3) is 33.7 Å². The number of hydrogen-bond acceptors (Lipinski definition) is 7. The number of aromatic nitrogens is 8. The number of aryl methyl sites for hydroxylation is 1. The Labute approximate surface area is 243 Å². The van der Waals surface area contributed by atoms with Gasteiger partial charge in [-0.25, -0.2) is 14.3 Å². The first-order valence-corrected chi connectivity index (χ1v) is 14.7. The molecule has 11 heteroatoms. The lowest BCUT2D eigenvalue weighted by atomic mass is 9.98. The molecule has 0 amide bonds. The summed E-state index contributed by atoms with van der Waals surface area (Å²) in [7, 11) is 1.51. The summed E-state index contributed by atoms with van der Waals surface area (Å²) in [5.74, 6) is 1.80. The Morgan fingerprint density at radius 1 is 1.02 bits per heavy atom. The summed E-state index contributed by atoms with van der Waals surface area (Å²) < 4.78 is 10.4. The molecular weight excluding hydrogens is 532 g/mol. The predicted octanol–water partition coefficient (Wildman–Crippen LogP) is 4.56. The van der Waals surface area contributed by atoms with Gasteiger partial charge in [0.25, 0.3) is 5.56 Å². The summed E-state index contributed by atoms with van der Waals surface area (Å²) >= 11 is 0. The normalized spacial score (nSPS) is 14.1. The van der Waals surface area contributed by atoms with E-state index in [4.69, 9.17) is 9.72 Å². The minimum Gasteiger partial charge on any atom is -0.361 e. The van der Waals surface area contributed by atoms with E-state index in [2.05, 4.69) is 51.8 Å². The first-order chi connectivity index (χ1) is 20.5. The summed E-state index contributed by atoms with van der Waals surface area (Å²) in [5, 5.41) is 14.5. The van der Waals surface area contributed by atoms with Crippen molar-refractivity contribution in [3.05, 3.63) is 80.8 Å². The zero-order chi connectivity index (χ0) is 29.2. The number of tetrazole rings is 1. The van der Waals surface area contributed by atoms with Crippen molar-refractivity contribution < 1.29 is 4.74 Å². The lowest BCUT2D eigenvalue weighted by Crippen LogP contribution is -2.43. The number of imidazole rings is 1. The molecule has 1 atom stereocenters. The summed E-state index contributed by atoms with van der Waals surface area (Å²) in [6, 6.07) is 16.2. The summed E-state index contributed by atoms with van der Waals surface area (Å²) in [6.45, 7) is 4.92. The van der Waals surface area contributed by atoms with Crippen LogP contribution in [-0.2, 0) is 24.2 Å². The van der Waals surface area contributed by atoms with Crippen LogP contribution in [0.15, 0.2) is 58.1 Å². The molecule has 6 rings (SSSR count). The topological polar surface area (TPSA) is 126 Å². The molecule has 2 aromatic carbocycles. The van der Waals surface area contributed by atoms with Crippen molar-refractivity contribution in [2.75, 3.05) is 7.11 Å². The summed E-state index contributed by atoms with van der Waals surface area (Å²) in [6.07, 6.45) is 5.31. The fraction of sp³-hybridized carbons (Fsp3) is 0.419. The number of benzene rings is 2. The van der Waals surface area contributed by atoms with Gasteiger partial charge in [-0.15, -0.1) is 10.2 Å². The molecule has 42 heavy (non-hydrogen) atoms. The van der Waals surface area contributed by atoms with E-state index in [1.807, 2.05) is 28.8 Å². The Morgan fingerprint density at radius 3 is 2.45 bits per heavy atom. The van der Waals surface area contributed by atoms with Crippen molar-refractivity contribution in [1.29, 1.82) is 0 Å². The molecule has 1 saturated carbocycles. The highest BCUT2D eigenvalue weighted by molar-refractivity contribution is 5.80. The molecule has 1 aliphatic rings. The zero-order valence-electron chi connectivity index (χ0n) is 24.3. The Kier molecular flexibility index (Phi) is 7.84. The van der Waals surface area contributed by atoms with Crippen LogP contribution in [0.3, 0.4) is 0 Å². The molecule has 0 spiro atoms. The quantitative estimate of drug-likeness (QED) is 0.219. The van der Waals surface area contributed by atoms with Gasteiger partial charge in [0.15, 0.2) is 11.2 Å². The van der Waals surface area contributed by atoms with Gasteiger partial charge in [-0.1, -0.05) is 68.3 Å². The summed E-state index contributed by atoms with van der Waals surface area (Å²) in [5.41, 5.74) is 4.15. The van der Waals surface area contributed by atoms with Crippen molar-refractivity contribution in [3.8, 4) is 22.5 Å². The highest BCUT2D eigenvalue weighted by Gasteiger charge is 2.28. The predicted molar refractivity (Wildman–Crippen MR) is 160 cm³/mol. The standard InChI is InChI=1S/C31H36N8O3/c1-4-5-6-11-26-32-29-27(30(40)39(20(2)42-3)31(41)38(29)19-21-12-13-21)37(26)18-22-14-16-23(17-15-22)24-9-7-8-10-25(24)28-33-35-36-34-28/h7-10,14-17,20-21H,4-6,11-13,18-19H2,1-3H3,(H,33,34,35,36). The average molecular weight is 569 g/mol. The van der Waals surface area contributed by atoms with Gasteiger partial charge in [-0.3, -0.25) is 9.36 Å². The number of hydrogen-bond donors (Lipinski definition) is 1. The van der Waals surface area contributed by atoms with Gasteiger partial charge in [0.2, 0.25) is 5.82 Å². The number of fused-ring (bicyclic) bond motifs is 1. The molecule has 3 aromatic heterocycles. The third kappa shape index (κ3) is 5.32. The van der Waals surface area contributed by atoms with Gasteiger partial charge in [0.1, 0.15) is 12.1 Å². The second-order valence-electron chi connectivity index (χ2n) is 11.1. The van der Waals surface area contributed by atoms with Crippen molar-refractivity contribution in [2.45, 2.75) is 71.7 Å². The van der Waals surface area contributed by atoms with Gasteiger partial charge < -0.3 is 9.30 Å². The Morgan fingerprint density at radius 2 is 1.79 bits per heavy atom. The van der Waals surface area contributed by atoms with E-state index in [1.165, 1.54) is 11.7 Å². The zero-order valence-corrected chi connectivity index (χ0v) is 24.3. The van der Waals surface area contributed by atoms with E-state index in [0.29, 0.717) is 36.0 Å². The first kappa shape index (κ1) is 27.8. The van der Waals surface area contributed by atoms with Crippen LogP contribution < -0.4 is 11.2 Å². The van der Waals surface area contributed by atoms with Gasteiger partial charge in [-0.05, 0) is 54.0 Å². The highest BCUT2D eigenvalue weighted by Crippen LogP contribution is 2.32. The van der Waals surface area contributed by atoms with E-state index in [-0.39, 0.29) is 11.2 Å². The molecule has 1 aliphatic carbocycles. The largest absolute Gasteiger partial charge is 0.361 e. The van der Waals surface area contributed by atoms with E-state index in [0.717, 1.165) is 66.6 Å². The molecule has 11 nitrogen and oxygen atoms in total. The average Bonchev–Trinajstić information content (AvgIpc) is 3.52. The Balaban J connectivity index is 1.44. The molecule has 0 aliphatic heterocycles. The van der Waals surface area contributed by atoms with Crippen LogP contribution in [0.5, 0.6) is 0 Å². The SMILES string of the molecule is CCCCCc1nc2c(c(=O)n(C(C)OC)c(=O)n2CC2CC2)n1Cc1ccc(-c2ccccc2-c2nn[nH]n2)cc1. The molecule has 1 fully saturated rings. The molecular formula is C31H36N8O3. The lowest BCUT2D eigenvalue weighted by molar-refractivity contribution is 0.0529. The molecule has 0 bridgehead atoms. The monoisotopic (exact) mass is 568 g/mol.